The highest BCUT2D eigenvalue weighted by atomic mass is 16.5. The predicted octanol–water partition coefficient (Wildman–Crippen LogP) is 2.82. The number of anilines is 2. The highest BCUT2D eigenvalue weighted by Gasteiger charge is 2.38. The number of hydrogen-bond acceptors (Lipinski definition) is 13. The highest BCUT2D eigenvalue weighted by molar-refractivity contribution is 5.87. The molecule has 0 unspecified atom stereocenters. The van der Waals surface area contributed by atoms with E-state index in [1.807, 2.05) is 24.9 Å². The minimum atomic E-state index is -0.721. The van der Waals surface area contributed by atoms with Crippen LogP contribution in [0.15, 0.2) is 24.8 Å². The third-order valence-corrected chi connectivity index (χ3v) is 10.5. The second-order valence-electron chi connectivity index (χ2n) is 14.6. The smallest absolute Gasteiger partial charge is 0.407 e. The fraction of sp³-hybridized carbons (Fsp3) is 0.622. The van der Waals surface area contributed by atoms with Crippen LogP contribution in [0.5, 0.6) is 0 Å². The van der Waals surface area contributed by atoms with Gasteiger partial charge in [0.2, 0.25) is 17.8 Å². The Morgan fingerprint density at radius 2 is 1.54 bits per heavy atom. The van der Waals surface area contributed by atoms with Crippen LogP contribution in [0.1, 0.15) is 82.5 Å². The van der Waals surface area contributed by atoms with Crippen LogP contribution in [0, 0.1) is 5.92 Å². The van der Waals surface area contributed by atoms with Crippen LogP contribution in [0.25, 0.3) is 11.3 Å². The summed E-state index contributed by atoms with van der Waals surface area (Å²) in [6.45, 7) is 8.29. The maximum atomic E-state index is 13.5. The SMILES string of the molecule is COC(=O)N[C@H]1CCCCCOCC[C@@H](c2ncc(-c3cnc(N4CCN(c5cnc([C@@H]6CCCN6C(=O)[C@@H](NC(=O)OC)C(C)C)[nH]5)CC4)nc3)[nH]2)NC1=O. The Hall–Kier alpha value is -5.46. The molecule has 0 radical (unpaired) electrons. The van der Waals surface area contributed by atoms with Crippen LogP contribution in [-0.2, 0) is 23.8 Å². The van der Waals surface area contributed by atoms with Gasteiger partial charge in [-0.15, -0.1) is 0 Å². The number of nitrogens with zero attached hydrogens (tertiary/aromatic N) is 7. The van der Waals surface area contributed by atoms with E-state index in [0.29, 0.717) is 63.2 Å². The zero-order valence-corrected chi connectivity index (χ0v) is 32.6. The third kappa shape index (κ3) is 9.85. The maximum Gasteiger partial charge on any atom is 0.407 e. The number of nitrogens with one attached hydrogen (secondary N) is 5. The molecule has 3 saturated heterocycles. The molecule has 4 atom stereocenters. The molecule has 5 N–H and O–H groups in total. The molecule has 3 aliphatic rings. The number of aromatic amines is 2. The van der Waals surface area contributed by atoms with Gasteiger partial charge >= 0.3 is 12.2 Å². The molecule has 19 heteroatoms. The van der Waals surface area contributed by atoms with Crippen LogP contribution in [0.2, 0.25) is 0 Å². The predicted molar refractivity (Wildman–Crippen MR) is 205 cm³/mol. The van der Waals surface area contributed by atoms with E-state index >= 15 is 0 Å². The summed E-state index contributed by atoms with van der Waals surface area (Å²) in [5.41, 5.74) is 1.45. The molecule has 3 aliphatic heterocycles. The molecule has 3 aromatic rings. The van der Waals surface area contributed by atoms with E-state index in [-0.39, 0.29) is 23.8 Å². The number of imidazole rings is 2. The minimum absolute atomic E-state index is 0.107. The van der Waals surface area contributed by atoms with Crippen LogP contribution >= 0.6 is 0 Å². The van der Waals surface area contributed by atoms with Gasteiger partial charge in [0.25, 0.3) is 0 Å². The van der Waals surface area contributed by atoms with Crippen molar-refractivity contribution < 1.29 is 33.4 Å². The Balaban J connectivity index is 1.04. The molecule has 4 amide bonds. The lowest BCUT2D eigenvalue weighted by atomic mass is 10.0. The Morgan fingerprint density at radius 3 is 2.27 bits per heavy atom. The molecule has 0 bridgehead atoms. The van der Waals surface area contributed by atoms with Crippen molar-refractivity contribution in [3.63, 3.8) is 0 Å². The molecule has 0 saturated carbocycles. The average Bonchev–Trinajstić information content (AvgIpc) is 4.01. The molecule has 56 heavy (non-hydrogen) atoms. The lowest BCUT2D eigenvalue weighted by Gasteiger charge is -2.35. The summed E-state index contributed by atoms with van der Waals surface area (Å²) < 4.78 is 15.3. The number of H-pyrrole nitrogens is 2. The number of carbonyl (C=O) groups excluding carboxylic acids is 4. The summed E-state index contributed by atoms with van der Waals surface area (Å²) >= 11 is 0. The van der Waals surface area contributed by atoms with Crippen LogP contribution in [0.3, 0.4) is 0 Å². The van der Waals surface area contributed by atoms with Gasteiger partial charge < -0.3 is 54.8 Å². The molecule has 6 heterocycles. The van der Waals surface area contributed by atoms with Crippen molar-refractivity contribution in [2.75, 3.05) is 70.0 Å². The molecule has 3 fully saturated rings. The molecule has 0 aliphatic carbocycles. The number of carbonyl (C=O) groups is 4. The first-order chi connectivity index (χ1) is 27.1. The number of amides is 4. The number of piperazine rings is 1. The number of hydrogen-bond donors (Lipinski definition) is 5. The zero-order chi connectivity index (χ0) is 39.6. The zero-order valence-electron chi connectivity index (χ0n) is 32.6. The molecule has 0 spiro atoms. The van der Waals surface area contributed by atoms with Crippen molar-refractivity contribution in [2.45, 2.75) is 83.0 Å². The van der Waals surface area contributed by atoms with E-state index in [1.54, 1.807) is 18.6 Å². The standard InChI is InChI=1S/C37H54N12O7/c1-23(2)30(46-37(53)55-4)34(51)49-12-8-10-28(49)32-39-22-29(45-32)47-13-15-48(16-14-47)35-40-19-24(20-41-35)27-21-38-31(42-27)25-11-18-56-17-7-5-6-9-26(33(50)43-25)44-36(52)54-3/h19-23,25-26,28,30H,5-18H2,1-4H3,(H,38,42)(H,39,45)(H,43,50)(H,44,52)(H,46,53)/t25-,26-,28-,30-/m0/s1. The van der Waals surface area contributed by atoms with E-state index in [1.165, 1.54) is 14.2 Å². The number of likely N-dealkylation sites (tertiary alicyclic amines) is 1. The maximum absolute atomic E-state index is 13.5. The normalized spacial score (nSPS) is 21.8. The van der Waals surface area contributed by atoms with Crippen molar-refractivity contribution in [1.82, 2.24) is 50.8 Å². The number of alkyl carbamates (subject to hydrolysis) is 2. The van der Waals surface area contributed by atoms with Crippen molar-refractivity contribution in [3.8, 4) is 11.3 Å². The number of methoxy groups -OCH3 is 2. The average molecular weight is 779 g/mol. The largest absolute Gasteiger partial charge is 0.453 e. The van der Waals surface area contributed by atoms with E-state index in [4.69, 9.17) is 14.2 Å². The van der Waals surface area contributed by atoms with Gasteiger partial charge in [-0.2, -0.15) is 0 Å². The van der Waals surface area contributed by atoms with Crippen molar-refractivity contribution >= 4 is 35.8 Å². The lowest BCUT2D eigenvalue weighted by molar-refractivity contribution is -0.135. The van der Waals surface area contributed by atoms with Crippen LogP contribution in [0.4, 0.5) is 21.4 Å². The Labute approximate surface area is 326 Å². The van der Waals surface area contributed by atoms with E-state index in [9.17, 15) is 19.2 Å². The van der Waals surface area contributed by atoms with Crippen molar-refractivity contribution in [3.05, 3.63) is 36.4 Å². The van der Waals surface area contributed by atoms with Gasteiger partial charge in [0.15, 0.2) is 0 Å². The third-order valence-electron chi connectivity index (χ3n) is 10.5. The first kappa shape index (κ1) is 40.2. The van der Waals surface area contributed by atoms with Gasteiger partial charge in [-0.25, -0.2) is 29.5 Å². The molecule has 19 nitrogen and oxygen atoms in total. The van der Waals surface area contributed by atoms with E-state index < -0.39 is 30.3 Å². The minimum Gasteiger partial charge on any atom is -0.453 e. The van der Waals surface area contributed by atoms with E-state index in [2.05, 4.69) is 55.7 Å². The first-order valence-corrected chi connectivity index (χ1v) is 19.4. The number of ether oxygens (including phenoxy) is 3. The summed E-state index contributed by atoms with van der Waals surface area (Å²) in [5, 5.41) is 8.39. The molecule has 0 aromatic carbocycles. The van der Waals surface area contributed by atoms with Gasteiger partial charge in [-0.3, -0.25) is 9.59 Å². The summed E-state index contributed by atoms with van der Waals surface area (Å²) in [7, 11) is 2.56. The van der Waals surface area contributed by atoms with Gasteiger partial charge in [0, 0.05) is 63.9 Å². The fourth-order valence-electron chi connectivity index (χ4n) is 7.33. The van der Waals surface area contributed by atoms with E-state index in [0.717, 1.165) is 62.4 Å². The lowest BCUT2D eigenvalue weighted by Crippen LogP contribution is -2.51. The number of aromatic nitrogens is 6. The molecular formula is C37H54N12O7. The summed E-state index contributed by atoms with van der Waals surface area (Å²) in [5.74, 6) is 2.25. The Bertz CT molecular complexity index is 1770. The quantitative estimate of drug-likeness (QED) is 0.211. The molecule has 6 rings (SSSR count). The first-order valence-electron chi connectivity index (χ1n) is 19.4. The topological polar surface area (TPSA) is 225 Å². The number of rotatable bonds is 9. The Kier molecular flexibility index (Phi) is 13.6. The summed E-state index contributed by atoms with van der Waals surface area (Å²) in [4.78, 5) is 82.3. The van der Waals surface area contributed by atoms with Crippen molar-refractivity contribution in [1.29, 1.82) is 0 Å². The summed E-state index contributed by atoms with van der Waals surface area (Å²) in [6.07, 6.45) is 10.9. The van der Waals surface area contributed by atoms with Crippen molar-refractivity contribution in [2.24, 2.45) is 5.92 Å². The van der Waals surface area contributed by atoms with Gasteiger partial charge in [-0.1, -0.05) is 26.7 Å². The van der Waals surface area contributed by atoms with Crippen LogP contribution < -0.4 is 25.8 Å². The fourth-order valence-corrected chi connectivity index (χ4v) is 7.33. The highest BCUT2D eigenvalue weighted by Crippen LogP contribution is 2.33. The molecule has 3 aromatic heterocycles. The molecular weight excluding hydrogens is 724 g/mol. The second-order valence-corrected chi connectivity index (χ2v) is 14.6. The van der Waals surface area contributed by atoms with Gasteiger partial charge in [0.05, 0.1) is 44.4 Å². The monoisotopic (exact) mass is 778 g/mol. The Morgan fingerprint density at radius 1 is 0.804 bits per heavy atom. The second kappa shape index (κ2) is 18.9. The van der Waals surface area contributed by atoms with Gasteiger partial charge in [0.1, 0.15) is 29.6 Å². The van der Waals surface area contributed by atoms with Gasteiger partial charge in [-0.05, 0) is 38.0 Å². The van der Waals surface area contributed by atoms with Crippen LogP contribution in [-0.4, -0.2) is 131 Å². The molecule has 304 valence electrons. The summed E-state index contributed by atoms with van der Waals surface area (Å²) in [6, 6.07) is -2.08.